The molecule has 3 aromatic rings. The molecule has 0 aliphatic carbocycles. The Balaban J connectivity index is 2.36. The monoisotopic (exact) mass is 464 g/mol. The van der Waals surface area contributed by atoms with Crippen LogP contribution >= 0.6 is 62.3 Å². The zero-order chi connectivity index (χ0) is 13.6. The number of benzene rings is 2. The van der Waals surface area contributed by atoms with Crippen molar-refractivity contribution in [2.24, 2.45) is 0 Å². The van der Waals surface area contributed by atoms with Crippen LogP contribution in [-0.2, 0) is 0 Å². The van der Waals surface area contributed by atoms with Gasteiger partial charge in [-0.05, 0) is 71.2 Å². The maximum atomic E-state index is 6.33. The van der Waals surface area contributed by atoms with Crippen LogP contribution in [0, 0.1) is 8.34 Å². The molecule has 0 aliphatic rings. The standard InChI is InChI=1S/C13H7BrClIN2S/c14-7-1-3-12-10(5-7)17-13(19)18(12)11-4-2-8(16)6-9(11)15/h1-6H,(H,17,19). The van der Waals surface area contributed by atoms with Crippen molar-refractivity contribution >= 4 is 73.4 Å². The highest BCUT2D eigenvalue weighted by Crippen LogP contribution is 2.28. The maximum Gasteiger partial charge on any atom is 0.182 e. The quantitative estimate of drug-likeness (QED) is 0.361. The predicted molar refractivity (Wildman–Crippen MR) is 93.9 cm³/mol. The first-order chi connectivity index (χ1) is 9.06. The lowest BCUT2D eigenvalue weighted by Gasteiger charge is -2.07. The van der Waals surface area contributed by atoms with Gasteiger partial charge in [0.1, 0.15) is 0 Å². The number of nitrogens with one attached hydrogen (secondary N) is 1. The molecule has 96 valence electrons. The Morgan fingerprint density at radius 1 is 1.21 bits per heavy atom. The van der Waals surface area contributed by atoms with Crippen LogP contribution in [0.2, 0.25) is 5.02 Å². The van der Waals surface area contributed by atoms with Crippen molar-refractivity contribution in [2.45, 2.75) is 0 Å². The van der Waals surface area contributed by atoms with Crippen LogP contribution in [0.25, 0.3) is 16.7 Å². The summed E-state index contributed by atoms with van der Waals surface area (Å²) in [5.41, 5.74) is 2.88. The van der Waals surface area contributed by atoms with E-state index in [2.05, 4.69) is 43.5 Å². The van der Waals surface area contributed by atoms with Crippen LogP contribution in [0.15, 0.2) is 40.9 Å². The van der Waals surface area contributed by atoms with Crippen LogP contribution < -0.4 is 0 Å². The Labute approximate surface area is 142 Å². The summed E-state index contributed by atoms with van der Waals surface area (Å²) in [6.07, 6.45) is 0. The number of hydrogen-bond acceptors (Lipinski definition) is 1. The molecule has 6 heteroatoms. The third-order valence-corrected chi connectivity index (χ3v) is 4.55. The molecule has 0 aliphatic heterocycles. The summed E-state index contributed by atoms with van der Waals surface area (Å²) in [7, 11) is 0. The molecule has 0 atom stereocenters. The van der Waals surface area contributed by atoms with Crippen molar-refractivity contribution < 1.29 is 0 Å². The zero-order valence-electron chi connectivity index (χ0n) is 9.45. The van der Waals surface area contributed by atoms with E-state index in [1.807, 2.05) is 41.0 Å². The molecule has 0 amide bonds. The second-order valence-corrected chi connectivity index (χ2v) is 6.98. The second kappa shape index (κ2) is 5.20. The third kappa shape index (κ3) is 2.49. The number of aromatic nitrogens is 2. The molecule has 19 heavy (non-hydrogen) atoms. The number of aromatic amines is 1. The lowest BCUT2D eigenvalue weighted by atomic mass is 10.3. The first-order valence-corrected chi connectivity index (χ1v) is 8.08. The van der Waals surface area contributed by atoms with E-state index in [0.29, 0.717) is 9.79 Å². The Hall–Kier alpha value is -0.370. The van der Waals surface area contributed by atoms with Gasteiger partial charge in [-0.3, -0.25) is 4.57 Å². The van der Waals surface area contributed by atoms with E-state index in [-0.39, 0.29) is 0 Å². The summed E-state index contributed by atoms with van der Waals surface area (Å²) in [5, 5.41) is 0.687. The van der Waals surface area contributed by atoms with Gasteiger partial charge >= 0.3 is 0 Å². The van der Waals surface area contributed by atoms with Crippen molar-refractivity contribution in [3.63, 3.8) is 0 Å². The molecule has 2 aromatic carbocycles. The average molecular weight is 466 g/mol. The molecule has 0 unspecified atom stereocenters. The van der Waals surface area contributed by atoms with E-state index in [4.69, 9.17) is 23.8 Å². The molecule has 1 aromatic heterocycles. The van der Waals surface area contributed by atoms with Crippen LogP contribution in [0.1, 0.15) is 0 Å². The van der Waals surface area contributed by atoms with Gasteiger partial charge in [0.05, 0.1) is 21.7 Å². The number of H-pyrrole nitrogens is 1. The van der Waals surface area contributed by atoms with Crippen molar-refractivity contribution in [3.8, 4) is 5.69 Å². The summed E-state index contributed by atoms with van der Waals surface area (Å²) >= 11 is 17.4. The normalized spacial score (nSPS) is 11.1. The van der Waals surface area contributed by atoms with Gasteiger partial charge < -0.3 is 4.98 Å². The van der Waals surface area contributed by atoms with Gasteiger partial charge in [0.15, 0.2) is 4.77 Å². The Morgan fingerprint density at radius 2 is 2.00 bits per heavy atom. The molecule has 0 radical (unpaired) electrons. The highest BCUT2D eigenvalue weighted by atomic mass is 127. The molecular formula is C13H7BrClIN2S. The molecule has 2 nitrogen and oxygen atoms in total. The smallest absolute Gasteiger partial charge is 0.182 e. The van der Waals surface area contributed by atoms with Crippen molar-refractivity contribution in [1.82, 2.24) is 9.55 Å². The lowest BCUT2D eigenvalue weighted by molar-refractivity contribution is 1.06. The number of halogens is 3. The summed E-state index contributed by atoms with van der Waals surface area (Å²) in [5.74, 6) is 0. The van der Waals surface area contributed by atoms with Gasteiger partial charge in [0.25, 0.3) is 0 Å². The fourth-order valence-corrected chi connectivity index (χ4v) is 3.59. The minimum Gasteiger partial charge on any atom is -0.330 e. The van der Waals surface area contributed by atoms with E-state index in [0.717, 1.165) is 24.8 Å². The van der Waals surface area contributed by atoms with Crippen LogP contribution in [0.3, 0.4) is 0 Å². The van der Waals surface area contributed by atoms with Gasteiger partial charge in [-0.25, -0.2) is 0 Å². The molecule has 0 fully saturated rings. The molecule has 0 saturated carbocycles. The summed E-state index contributed by atoms with van der Waals surface area (Å²) < 4.78 is 4.70. The topological polar surface area (TPSA) is 20.7 Å². The van der Waals surface area contributed by atoms with Crippen LogP contribution in [-0.4, -0.2) is 9.55 Å². The minimum atomic E-state index is 0.635. The minimum absolute atomic E-state index is 0.635. The summed E-state index contributed by atoms with van der Waals surface area (Å²) in [6, 6.07) is 11.9. The van der Waals surface area contributed by atoms with Gasteiger partial charge in [-0.15, -0.1) is 0 Å². The van der Waals surface area contributed by atoms with Gasteiger partial charge in [-0.1, -0.05) is 27.5 Å². The van der Waals surface area contributed by atoms with Crippen molar-refractivity contribution in [1.29, 1.82) is 0 Å². The van der Waals surface area contributed by atoms with Gasteiger partial charge in [0.2, 0.25) is 0 Å². The number of fused-ring (bicyclic) bond motifs is 1. The van der Waals surface area contributed by atoms with Gasteiger partial charge in [-0.2, -0.15) is 0 Å². The van der Waals surface area contributed by atoms with Crippen LogP contribution in [0.4, 0.5) is 0 Å². The molecule has 0 bridgehead atoms. The molecule has 1 N–H and O–H groups in total. The predicted octanol–water partition coefficient (Wildman–Crippen LogP) is 5.71. The average Bonchev–Trinajstić information content (AvgIpc) is 2.65. The lowest BCUT2D eigenvalue weighted by Crippen LogP contribution is -1.95. The molecule has 0 saturated heterocycles. The molecule has 0 spiro atoms. The molecular weight excluding hydrogens is 458 g/mol. The molecule has 3 rings (SSSR count). The van der Waals surface area contributed by atoms with E-state index in [1.165, 1.54) is 0 Å². The van der Waals surface area contributed by atoms with E-state index in [1.54, 1.807) is 0 Å². The van der Waals surface area contributed by atoms with Crippen molar-refractivity contribution in [3.05, 3.63) is 54.2 Å². The fraction of sp³-hybridized carbons (Fsp3) is 0. The Bertz CT molecular complexity index is 840. The Morgan fingerprint density at radius 3 is 2.74 bits per heavy atom. The van der Waals surface area contributed by atoms with E-state index < -0.39 is 0 Å². The van der Waals surface area contributed by atoms with E-state index in [9.17, 15) is 0 Å². The fourth-order valence-electron chi connectivity index (χ4n) is 1.99. The summed E-state index contributed by atoms with van der Waals surface area (Å²) in [6.45, 7) is 0. The highest BCUT2D eigenvalue weighted by Gasteiger charge is 2.10. The third-order valence-electron chi connectivity index (χ3n) is 2.79. The first-order valence-electron chi connectivity index (χ1n) is 5.42. The maximum absolute atomic E-state index is 6.33. The SMILES string of the molecule is S=c1[nH]c2cc(Br)ccc2n1-c1ccc(I)cc1Cl. The van der Waals surface area contributed by atoms with E-state index >= 15 is 0 Å². The summed E-state index contributed by atoms with van der Waals surface area (Å²) in [4.78, 5) is 3.20. The number of nitrogens with zero attached hydrogens (tertiary/aromatic N) is 1. The van der Waals surface area contributed by atoms with Crippen molar-refractivity contribution in [2.75, 3.05) is 0 Å². The van der Waals surface area contributed by atoms with Crippen LogP contribution in [0.5, 0.6) is 0 Å². The second-order valence-electron chi connectivity index (χ2n) is 4.02. The number of imidazole rings is 1. The zero-order valence-corrected chi connectivity index (χ0v) is 14.8. The highest BCUT2D eigenvalue weighted by molar-refractivity contribution is 14.1. The van der Waals surface area contributed by atoms with Gasteiger partial charge in [0, 0.05) is 8.04 Å². The largest absolute Gasteiger partial charge is 0.330 e. The number of hydrogen-bond donors (Lipinski definition) is 1. The Kier molecular flexibility index (Phi) is 3.72. The molecule has 1 heterocycles. The first kappa shape index (κ1) is 13.6. The number of rotatable bonds is 1.